The minimum Gasteiger partial charge on any atom is -0.311 e. The number of amides is 1. The molecule has 0 radical (unpaired) electrons. The number of anilines is 1. The molecular weight excluding hydrogens is 298 g/mol. The highest BCUT2D eigenvalue weighted by molar-refractivity contribution is 8.14. The number of rotatable bonds is 2. The molecule has 1 aliphatic carbocycles. The summed E-state index contributed by atoms with van der Waals surface area (Å²) in [6, 6.07) is 5.94. The van der Waals surface area contributed by atoms with Crippen molar-refractivity contribution in [1.29, 1.82) is 0 Å². The van der Waals surface area contributed by atoms with Gasteiger partial charge in [-0.05, 0) is 42.9 Å². The minimum absolute atomic E-state index is 0.0184. The van der Waals surface area contributed by atoms with E-state index in [1.54, 1.807) is 4.90 Å². The average molecular weight is 314 g/mol. The van der Waals surface area contributed by atoms with Gasteiger partial charge < -0.3 is 4.90 Å². The molecule has 0 N–H and O–H groups in total. The Morgan fingerprint density at radius 3 is 2.65 bits per heavy atom. The Morgan fingerprint density at radius 1 is 1.20 bits per heavy atom. The Labute approximate surface area is 123 Å². The number of hydrogen-bond acceptors (Lipinski definition) is 3. The second-order valence-corrected chi connectivity index (χ2v) is 8.34. The quantitative estimate of drug-likeness (QED) is 0.787. The third-order valence-electron chi connectivity index (χ3n) is 4.15. The zero-order valence-electron chi connectivity index (χ0n) is 11.0. The Hall–Kier alpha value is -1.07. The molecule has 1 aromatic carbocycles. The van der Waals surface area contributed by atoms with Crippen molar-refractivity contribution in [3.05, 3.63) is 29.3 Å². The number of benzene rings is 1. The van der Waals surface area contributed by atoms with Crippen LogP contribution in [0.5, 0.6) is 0 Å². The number of aryl methyl sites for hydroxylation is 1. The number of hydrogen-bond donors (Lipinski definition) is 0. The van der Waals surface area contributed by atoms with Crippen molar-refractivity contribution < 1.29 is 13.2 Å². The molecule has 1 aromatic rings. The fourth-order valence-electron chi connectivity index (χ4n) is 3.11. The van der Waals surface area contributed by atoms with Crippen LogP contribution in [0.2, 0.25) is 0 Å². The number of halogens is 1. The number of nitrogens with zero attached hydrogens (tertiary/aromatic N) is 1. The van der Waals surface area contributed by atoms with Crippen LogP contribution in [0.15, 0.2) is 18.2 Å². The molecule has 0 saturated carbocycles. The molecule has 1 saturated heterocycles. The summed E-state index contributed by atoms with van der Waals surface area (Å²) in [6.07, 6.45) is 4.25. The van der Waals surface area contributed by atoms with Gasteiger partial charge in [0.25, 0.3) is 0 Å². The maximum Gasteiger partial charge on any atom is 0.237 e. The average Bonchev–Trinajstić information content (AvgIpc) is 2.80. The summed E-state index contributed by atoms with van der Waals surface area (Å²) < 4.78 is 22.9. The van der Waals surface area contributed by atoms with Gasteiger partial charge in [0.05, 0.1) is 0 Å². The molecule has 6 heteroatoms. The first kappa shape index (κ1) is 13.9. The van der Waals surface area contributed by atoms with Crippen molar-refractivity contribution in [2.24, 2.45) is 0 Å². The highest BCUT2D eigenvalue weighted by atomic mass is 35.7. The van der Waals surface area contributed by atoms with E-state index < -0.39 is 14.3 Å². The lowest BCUT2D eigenvalue weighted by molar-refractivity contribution is -0.117. The van der Waals surface area contributed by atoms with Crippen molar-refractivity contribution in [3.63, 3.8) is 0 Å². The van der Waals surface area contributed by atoms with Crippen LogP contribution in [0, 0.1) is 0 Å². The summed E-state index contributed by atoms with van der Waals surface area (Å²) in [5.41, 5.74) is 3.34. The molecule has 3 rings (SSSR count). The molecule has 0 aromatic heterocycles. The van der Waals surface area contributed by atoms with E-state index in [1.807, 2.05) is 12.1 Å². The number of carbonyl (C=O) groups is 1. The summed E-state index contributed by atoms with van der Waals surface area (Å²) >= 11 is 0. The monoisotopic (exact) mass is 313 g/mol. The smallest absolute Gasteiger partial charge is 0.237 e. The summed E-state index contributed by atoms with van der Waals surface area (Å²) in [5, 5.41) is -0.795. The predicted molar refractivity (Wildman–Crippen MR) is 78.6 cm³/mol. The van der Waals surface area contributed by atoms with Gasteiger partial charge in [0.2, 0.25) is 15.0 Å². The van der Waals surface area contributed by atoms with E-state index in [2.05, 4.69) is 6.07 Å². The lowest BCUT2D eigenvalue weighted by Gasteiger charge is -2.25. The van der Waals surface area contributed by atoms with Crippen LogP contribution in [0.25, 0.3) is 0 Å². The maximum atomic E-state index is 12.1. The first-order valence-corrected chi connectivity index (χ1v) is 9.18. The number of fused-ring (bicyclic) bond motifs is 1. The van der Waals surface area contributed by atoms with Crippen LogP contribution in [0.1, 0.15) is 30.4 Å². The Morgan fingerprint density at radius 2 is 1.95 bits per heavy atom. The Balaban J connectivity index is 1.96. The molecule has 1 heterocycles. The van der Waals surface area contributed by atoms with Gasteiger partial charge in [-0.25, -0.2) is 8.42 Å². The zero-order chi connectivity index (χ0) is 14.3. The number of carbonyl (C=O) groups excluding carboxylic acids is 1. The molecule has 4 nitrogen and oxygen atoms in total. The topological polar surface area (TPSA) is 54.5 Å². The van der Waals surface area contributed by atoms with Crippen LogP contribution in [0.3, 0.4) is 0 Å². The molecule has 1 unspecified atom stereocenters. The first-order valence-electron chi connectivity index (χ1n) is 6.81. The predicted octanol–water partition coefficient (Wildman–Crippen LogP) is 2.24. The van der Waals surface area contributed by atoms with Crippen LogP contribution < -0.4 is 4.90 Å². The highest BCUT2D eigenvalue weighted by Crippen LogP contribution is 2.34. The summed E-state index contributed by atoms with van der Waals surface area (Å²) in [5.74, 6) is -0.154. The Kier molecular flexibility index (Phi) is 3.50. The van der Waals surface area contributed by atoms with Gasteiger partial charge in [0.1, 0.15) is 5.25 Å². The fourth-order valence-corrected chi connectivity index (χ4v) is 4.14. The summed E-state index contributed by atoms with van der Waals surface area (Å²) in [7, 11) is 1.71. The largest absolute Gasteiger partial charge is 0.311 e. The first-order chi connectivity index (χ1) is 9.47. The molecule has 2 aliphatic rings. The summed E-state index contributed by atoms with van der Waals surface area (Å²) in [4.78, 5) is 13.7. The highest BCUT2D eigenvalue weighted by Gasteiger charge is 2.38. The van der Waals surface area contributed by atoms with E-state index in [9.17, 15) is 13.2 Å². The third-order valence-corrected chi connectivity index (χ3v) is 6.02. The maximum absolute atomic E-state index is 12.1. The molecule has 1 fully saturated rings. The van der Waals surface area contributed by atoms with Crippen molar-refractivity contribution >= 4 is 31.3 Å². The second-order valence-electron chi connectivity index (χ2n) is 5.43. The fraction of sp³-hybridized carbons (Fsp3) is 0.500. The van der Waals surface area contributed by atoms with Crippen molar-refractivity contribution in [1.82, 2.24) is 0 Å². The van der Waals surface area contributed by atoms with Crippen LogP contribution in [-0.2, 0) is 26.7 Å². The lowest BCUT2D eigenvalue weighted by Crippen LogP contribution is -2.28. The van der Waals surface area contributed by atoms with E-state index in [0.717, 1.165) is 24.9 Å². The summed E-state index contributed by atoms with van der Waals surface area (Å²) in [6.45, 7) is 0.168. The van der Waals surface area contributed by atoms with E-state index in [1.165, 1.54) is 17.5 Å². The van der Waals surface area contributed by atoms with Gasteiger partial charge in [-0.1, -0.05) is 12.1 Å². The van der Waals surface area contributed by atoms with Gasteiger partial charge in [0, 0.05) is 29.3 Å². The lowest BCUT2D eigenvalue weighted by atomic mass is 9.90. The molecule has 108 valence electrons. The van der Waals surface area contributed by atoms with Gasteiger partial charge in [0.15, 0.2) is 0 Å². The van der Waals surface area contributed by atoms with Crippen molar-refractivity contribution in [2.45, 2.75) is 37.4 Å². The SMILES string of the molecule is O=C1CC(S(=O)(=O)Cl)CN1c1cccc2c1CCCC2. The Bertz CT molecular complexity index is 656. The van der Waals surface area contributed by atoms with Crippen molar-refractivity contribution in [3.8, 4) is 0 Å². The zero-order valence-corrected chi connectivity index (χ0v) is 12.6. The van der Waals surface area contributed by atoms with E-state index in [4.69, 9.17) is 10.7 Å². The van der Waals surface area contributed by atoms with E-state index in [0.29, 0.717) is 0 Å². The third kappa shape index (κ3) is 2.44. The van der Waals surface area contributed by atoms with Crippen LogP contribution in [-0.4, -0.2) is 26.1 Å². The van der Waals surface area contributed by atoms with E-state index >= 15 is 0 Å². The molecular formula is C14H16ClNO3S. The van der Waals surface area contributed by atoms with Crippen molar-refractivity contribution in [2.75, 3.05) is 11.4 Å². The minimum atomic E-state index is -3.69. The standard InChI is InChI=1S/C14H16ClNO3S/c15-20(18,19)11-8-14(17)16(9-11)13-7-3-5-10-4-1-2-6-12(10)13/h3,5,7,11H,1-2,4,6,8-9H2. The molecule has 1 amide bonds. The molecule has 1 aliphatic heterocycles. The van der Waals surface area contributed by atoms with Gasteiger partial charge in [-0.3, -0.25) is 4.79 Å². The molecule has 0 bridgehead atoms. The van der Waals surface area contributed by atoms with Crippen LogP contribution in [0.4, 0.5) is 5.69 Å². The molecule has 20 heavy (non-hydrogen) atoms. The van der Waals surface area contributed by atoms with Gasteiger partial charge in [-0.15, -0.1) is 0 Å². The van der Waals surface area contributed by atoms with Gasteiger partial charge >= 0.3 is 0 Å². The molecule has 1 atom stereocenters. The van der Waals surface area contributed by atoms with E-state index in [-0.39, 0.29) is 18.9 Å². The van der Waals surface area contributed by atoms with Crippen LogP contribution >= 0.6 is 10.7 Å². The second kappa shape index (κ2) is 5.04. The van der Waals surface area contributed by atoms with Gasteiger partial charge in [-0.2, -0.15) is 0 Å². The normalized spacial score (nSPS) is 22.9. The molecule has 0 spiro atoms.